The van der Waals surface area contributed by atoms with E-state index in [9.17, 15) is 13.2 Å². The zero-order valence-corrected chi connectivity index (χ0v) is 9.98. The van der Waals surface area contributed by atoms with Crippen LogP contribution < -0.4 is 5.73 Å². The molecule has 0 amide bonds. The number of nitrogen functional groups attached to an aromatic ring is 1. The van der Waals surface area contributed by atoms with Crippen LogP contribution in [0.1, 0.15) is 16.7 Å². The van der Waals surface area contributed by atoms with Gasteiger partial charge in [-0.1, -0.05) is 36.4 Å². The molecule has 19 heavy (non-hydrogen) atoms. The third-order valence-corrected chi connectivity index (χ3v) is 2.64. The highest BCUT2D eigenvalue weighted by Gasteiger charge is 2.29. The molecular formula is C15H12F3N. The van der Waals surface area contributed by atoms with E-state index in [0.29, 0.717) is 11.3 Å². The van der Waals surface area contributed by atoms with Crippen LogP contribution in [-0.4, -0.2) is 0 Å². The molecule has 2 aromatic rings. The number of anilines is 1. The monoisotopic (exact) mass is 263 g/mol. The number of nitrogens with two attached hydrogens (primary N) is 1. The smallest absolute Gasteiger partial charge is 0.399 e. The summed E-state index contributed by atoms with van der Waals surface area (Å²) in [5.41, 5.74) is 7.24. The van der Waals surface area contributed by atoms with Gasteiger partial charge in [-0.25, -0.2) is 0 Å². The summed E-state index contributed by atoms with van der Waals surface area (Å²) in [7, 11) is 0. The summed E-state index contributed by atoms with van der Waals surface area (Å²) in [6, 6.07) is 12.3. The van der Waals surface area contributed by atoms with Gasteiger partial charge in [0, 0.05) is 5.69 Å². The first-order chi connectivity index (χ1) is 8.95. The Morgan fingerprint density at radius 3 is 1.58 bits per heavy atom. The van der Waals surface area contributed by atoms with Crippen molar-refractivity contribution in [2.45, 2.75) is 6.18 Å². The van der Waals surface area contributed by atoms with Gasteiger partial charge in [-0.15, -0.1) is 0 Å². The molecule has 0 radical (unpaired) electrons. The van der Waals surface area contributed by atoms with Crippen LogP contribution >= 0.6 is 0 Å². The fourth-order valence-electron chi connectivity index (χ4n) is 1.58. The van der Waals surface area contributed by atoms with Gasteiger partial charge in [-0.05, 0) is 35.4 Å². The molecule has 1 nitrogen and oxygen atoms in total. The maximum absolute atomic E-state index is 12.4. The van der Waals surface area contributed by atoms with Crippen molar-refractivity contribution in [3.05, 3.63) is 65.2 Å². The lowest BCUT2D eigenvalue weighted by molar-refractivity contribution is -0.137. The summed E-state index contributed by atoms with van der Waals surface area (Å²) in [6.45, 7) is 0. The van der Waals surface area contributed by atoms with Gasteiger partial charge in [0.2, 0.25) is 0 Å². The minimum Gasteiger partial charge on any atom is -0.399 e. The number of hydrogen-bond donors (Lipinski definition) is 1. The van der Waals surface area contributed by atoms with Crippen LogP contribution in [0.15, 0.2) is 48.5 Å². The Morgan fingerprint density at radius 2 is 1.16 bits per heavy atom. The Labute approximate surface area is 109 Å². The highest BCUT2D eigenvalue weighted by atomic mass is 19.4. The Hall–Kier alpha value is -2.23. The van der Waals surface area contributed by atoms with Gasteiger partial charge in [-0.3, -0.25) is 0 Å². The quantitative estimate of drug-likeness (QED) is 0.628. The van der Waals surface area contributed by atoms with Crippen molar-refractivity contribution in [3.8, 4) is 0 Å². The predicted octanol–water partition coefficient (Wildman–Crippen LogP) is 4.46. The van der Waals surface area contributed by atoms with Gasteiger partial charge >= 0.3 is 6.18 Å². The molecule has 0 heterocycles. The Balaban J connectivity index is 2.13. The van der Waals surface area contributed by atoms with Crippen LogP contribution in [0.4, 0.5) is 18.9 Å². The van der Waals surface area contributed by atoms with E-state index in [-0.39, 0.29) is 0 Å². The number of halogens is 3. The van der Waals surface area contributed by atoms with Gasteiger partial charge in [0.25, 0.3) is 0 Å². The summed E-state index contributed by atoms with van der Waals surface area (Å²) in [5, 5.41) is 0. The number of rotatable bonds is 2. The molecule has 0 atom stereocenters. The molecule has 2 N–H and O–H groups in total. The van der Waals surface area contributed by atoms with Crippen LogP contribution in [0.25, 0.3) is 12.2 Å². The largest absolute Gasteiger partial charge is 0.416 e. The molecule has 0 saturated carbocycles. The third-order valence-electron chi connectivity index (χ3n) is 2.64. The van der Waals surface area contributed by atoms with E-state index in [1.54, 1.807) is 18.2 Å². The van der Waals surface area contributed by atoms with E-state index in [1.165, 1.54) is 12.1 Å². The number of benzene rings is 2. The van der Waals surface area contributed by atoms with E-state index in [1.807, 2.05) is 18.2 Å². The van der Waals surface area contributed by atoms with Crippen LogP contribution in [-0.2, 0) is 6.18 Å². The Kier molecular flexibility index (Phi) is 3.60. The lowest BCUT2D eigenvalue weighted by atomic mass is 10.1. The van der Waals surface area contributed by atoms with E-state index in [2.05, 4.69) is 0 Å². The minimum absolute atomic E-state index is 0.642. The van der Waals surface area contributed by atoms with E-state index >= 15 is 0 Å². The third kappa shape index (κ3) is 3.61. The Bertz CT molecular complexity index is 566. The molecule has 0 aliphatic heterocycles. The highest BCUT2D eigenvalue weighted by Crippen LogP contribution is 2.29. The van der Waals surface area contributed by atoms with Crippen LogP contribution in [0.2, 0.25) is 0 Å². The second kappa shape index (κ2) is 5.18. The molecule has 4 heteroatoms. The summed E-state index contributed by atoms with van der Waals surface area (Å²) in [6.07, 6.45) is -0.715. The van der Waals surface area contributed by atoms with Crippen molar-refractivity contribution < 1.29 is 13.2 Å². The van der Waals surface area contributed by atoms with Gasteiger partial charge in [0.15, 0.2) is 0 Å². The van der Waals surface area contributed by atoms with Crippen molar-refractivity contribution in [3.63, 3.8) is 0 Å². The van der Waals surface area contributed by atoms with Crippen molar-refractivity contribution >= 4 is 17.8 Å². The first-order valence-electron chi connectivity index (χ1n) is 5.66. The molecule has 0 saturated heterocycles. The van der Waals surface area contributed by atoms with Gasteiger partial charge in [-0.2, -0.15) is 13.2 Å². The molecular weight excluding hydrogens is 251 g/mol. The van der Waals surface area contributed by atoms with Crippen molar-refractivity contribution in [1.29, 1.82) is 0 Å². The molecule has 98 valence electrons. The fraction of sp³-hybridized carbons (Fsp3) is 0.0667. The maximum atomic E-state index is 12.4. The molecule has 0 aliphatic carbocycles. The number of hydrogen-bond acceptors (Lipinski definition) is 1. The molecule has 0 aliphatic rings. The average Bonchev–Trinajstić information content (AvgIpc) is 2.37. The minimum atomic E-state index is -4.29. The van der Waals surface area contributed by atoms with Crippen molar-refractivity contribution in [1.82, 2.24) is 0 Å². The van der Waals surface area contributed by atoms with E-state index < -0.39 is 11.7 Å². The molecule has 0 spiro atoms. The lowest BCUT2D eigenvalue weighted by Gasteiger charge is -2.05. The summed E-state index contributed by atoms with van der Waals surface area (Å²) >= 11 is 0. The summed E-state index contributed by atoms with van der Waals surface area (Å²) < 4.78 is 37.1. The fourth-order valence-corrected chi connectivity index (χ4v) is 1.58. The molecule has 2 rings (SSSR count). The maximum Gasteiger partial charge on any atom is 0.416 e. The zero-order chi connectivity index (χ0) is 13.9. The normalized spacial score (nSPS) is 11.9. The van der Waals surface area contributed by atoms with Crippen molar-refractivity contribution in [2.24, 2.45) is 0 Å². The van der Waals surface area contributed by atoms with Gasteiger partial charge in [0.1, 0.15) is 0 Å². The predicted molar refractivity (Wildman–Crippen MR) is 71.2 cm³/mol. The average molecular weight is 263 g/mol. The van der Waals surface area contributed by atoms with Gasteiger partial charge < -0.3 is 5.73 Å². The molecule has 2 aromatic carbocycles. The molecule has 0 fully saturated rings. The Morgan fingerprint density at radius 1 is 0.737 bits per heavy atom. The van der Waals surface area contributed by atoms with Crippen molar-refractivity contribution in [2.75, 3.05) is 5.73 Å². The number of alkyl halides is 3. The molecule has 0 aromatic heterocycles. The first kappa shape index (κ1) is 13.2. The van der Waals surface area contributed by atoms with E-state index in [0.717, 1.165) is 17.7 Å². The van der Waals surface area contributed by atoms with Crippen LogP contribution in [0, 0.1) is 0 Å². The van der Waals surface area contributed by atoms with E-state index in [4.69, 9.17) is 5.73 Å². The summed E-state index contributed by atoms with van der Waals surface area (Å²) in [4.78, 5) is 0. The van der Waals surface area contributed by atoms with Crippen LogP contribution in [0.3, 0.4) is 0 Å². The SMILES string of the molecule is Nc1ccc(C=Cc2ccc(C(F)(F)F)cc2)cc1. The standard InChI is InChI=1S/C15H12F3N/c16-15(17,18)13-7-3-11(4-8-13)1-2-12-5-9-14(19)10-6-12/h1-10H,19H2. The lowest BCUT2D eigenvalue weighted by Crippen LogP contribution is -2.03. The zero-order valence-electron chi connectivity index (χ0n) is 9.98. The summed E-state index contributed by atoms with van der Waals surface area (Å²) in [5.74, 6) is 0. The second-order valence-corrected chi connectivity index (χ2v) is 4.12. The molecule has 0 unspecified atom stereocenters. The highest BCUT2D eigenvalue weighted by molar-refractivity contribution is 5.70. The first-order valence-corrected chi connectivity index (χ1v) is 5.66. The van der Waals surface area contributed by atoms with Crippen LogP contribution in [0.5, 0.6) is 0 Å². The topological polar surface area (TPSA) is 26.0 Å². The van der Waals surface area contributed by atoms with Gasteiger partial charge in [0.05, 0.1) is 5.56 Å². The molecule has 0 bridgehead atoms. The second-order valence-electron chi connectivity index (χ2n) is 4.12.